The number of anilines is 1. The van der Waals surface area contributed by atoms with Crippen LogP contribution in [0.4, 0.5) is 27.6 Å². The van der Waals surface area contributed by atoms with Crippen LogP contribution < -0.4 is 5.32 Å². The van der Waals surface area contributed by atoms with Gasteiger partial charge in [0.05, 0.1) is 18.5 Å². The Balaban J connectivity index is 1.62. The second kappa shape index (κ2) is 8.53. The van der Waals surface area contributed by atoms with Crippen LogP contribution in [-0.4, -0.2) is 32.0 Å². The van der Waals surface area contributed by atoms with Gasteiger partial charge in [0, 0.05) is 24.1 Å². The Bertz CT molecular complexity index is 1140. The molecule has 1 aromatic heterocycles. The number of aromatic nitrogens is 4. The van der Waals surface area contributed by atoms with Crippen LogP contribution >= 0.6 is 0 Å². The van der Waals surface area contributed by atoms with Crippen LogP contribution in [0.2, 0.25) is 0 Å². The number of nitrogens with zero attached hydrogens (tertiary/aromatic N) is 4. The number of carbonyl (C=O) groups is 1. The fourth-order valence-corrected chi connectivity index (χ4v) is 4.14. The largest absolute Gasteiger partial charge is 0.416 e. The summed E-state index contributed by atoms with van der Waals surface area (Å²) in [6.07, 6.45) is -5.26. The van der Waals surface area contributed by atoms with Crippen molar-refractivity contribution in [3.05, 3.63) is 59.7 Å². The van der Waals surface area contributed by atoms with Gasteiger partial charge >= 0.3 is 6.18 Å². The maximum Gasteiger partial charge on any atom is 0.416 e. The molecule has 33 heavy (non-hydrogen) atoms. The van der Waals surface area contributed by atoms with E-state index in [9.17, 15) is 26.7 Å². The third-order valence-electron chi connectivity index (χ3n) is 5.69. The van der Waals surface area contributed by atoms with Crippen molar-refractivity contribution < 1.29 is 26.7 Å². The van der Waals surface area contributed by atoms with Crippen molar-refractivity contribution in [1.82, 2.24) is 20.2 Å². The summed E-state index contributed by atoms with van der Waals surface area (Å²) in [4.78, 5) is 14.4. The van der Waals surface area contributed by atoms with Crippen LogP contribution in [0.5, 0.6) is 0 Å². The van der Waals surface area contributed by atoms with Crippen molar-refractivity contribution in [2.45, 2.75) is 37.3 Å². The molecular formula is C22H20F5N5O. The number of nitrogens with one attached hydrogen (secondary N) is 1. The lowest BCUT2D eigenvalue weighted by molar-refractivity contribution is -0.137. The maximum atomic E-state index is 14.0. The second-order valence-electron chi connectivity index (χ2n) is 8.13. The summed E-state index contributed by atoms with van der Waals surface area (Å²) in [5, 5.41) is 14.2. The van der Waals surface area contributed by atoms with Crippen LogP contribution in [0.15, 0.2) is 48.5 Å². The minimum absolute atomic E-state index is 0.0510. The van der Waals surface area contributed by atoms with Crippen LogP contribution in [-0.2, 0) is 18.0 Å². The molecule has 174 valence electrons. The minimum Gasteiger partial charge on any atom is -0.326 e. The quantitative estimate of drug-likeness (QED) is 0.535. The van der Waals surface area contributed by atoms with E-state index in [0.29, 0.717) is 17.0 Å². The number of alkyl halides is 5. The fraction of sp³-hybridized carbons (Fsp3) is 0.364. The number of amides is 1. The van der Waals surface area contributed by atoms with E-state index in [1.54, 1.807) is 31.3 Å². The van der Waals surface area contributed by atoms with Gasteiger partial charge in [-0.25, -0.2) is 8.78 Å². The van der Waals surface area contributed by atoms with Crippen molar-refractivity contribution in [2.75, 3.05) is 5.32 Å². The molecule has 0 unspecified atom stereocenters. The highest BCUT2D eigenvalue weighted by molar-refractivity contribution is 5.96. The molecule has 1 fully saturated rings. The van der Waals surface area contributed by atoms with Gasteiger partial charge in [-0.15, -0.1) is 10.2 Å². The first kappa shape index (κ1) is 22.8. The average Bonchev–Trinajstić information content (AvgIpc) is 3.33. The number of tetrazole rings is 1. The molecule has 3 aromatic rings. The number of hydrogen-bond acceptors (Lipinski definition) is 4. The molecule has 2 atom stereocenters. The van der Waals surface area contributed by atoms with Crippen molar-refractivity contribution in [1.29, 1.82) is 0 Å². The van der Waals surface area contributed by atoms with E-state index >= 15 is 0 Å². The Morgan fingerprint density at radius 2 is 1.91 bits per heavy atom. The molecule has 1 N–H and O–H groups in total. The number of hydrogen-bond donors (Lipinski definition) is 1. The Hall–Kier alpha value is -3.37. The first-order valence-electron chi connectivity index (χ1n) is 10.2. The SMILES string of the molecule is Cn1nnc(-c2ccc([C@@H](C(=O)Nc3cccc(C(F)(F)F)c3)[C@H]3CCC(F)(F)C3)cc2)n1. The highest BCUT2D eigenvalue weighted by Crippen LogP contribution is 2.46. The molecule has 4 rings (SSSR count). The van der Waals surface area contributed by atoms with Crippen LogP contribution in [0.1, 0.15) is 36.3 Å². The average molecular weight is 465 g/mol. The molecule has 1 amide bonds. The number of carbonyl (C=O) groups excluding carboxylic acids is 1. The highest BCUT2D eigenvalue weighted by atomic mass is 19.4. The van der Waals surface area contributed by atoms with Gasteiger partial charge in [0.1, 0.15) is 0 Å². The molecule has 6 nitrogen and oxygen atoms in total. The predicted octanol–water partition coefficient (Wildman–Crippen LogP) is 5.05. The van der Waals surface area contributed by atoms with Gasteiger partial charge in [-0.2, -0.15) is 18.0 Å². The first-order valence-corrected chi connectivity index (χ1v) is 10.2. The zero-order valence-corrected chi connectivity index (χ0v) is 17.5. The molecule has 0 saturated heterocycles. The normalized spacial score (nSPS) is 18.8. The third kappa shape index (κ3) is 5.18. The molecule has 1 heterocycles. The number of halogens is 5. The van der Waals surface area contributed by atoms with Gasteiger partial charge in [0.2, 0.25) is 17.7 Å². The van der Waals surface area contributed by atoms with Crippen LogP contribution in [0, 0.1) is 5.92 Å². The van der Waals surface area contributed by atoms with Gasteiger partial charge in [0.15, 0.2) is 0 Å². The van der Waals surface area contributed by atoms with E-state index < -0.39 is 41.8 Å². The topological polar surface area (TPSA) is 72.7 Å². The number of benzene rings is 2. The molecule has 0 bridgehead atoms. The zero-order chi connectivity index (χ0) is 23.8. The van der Waals surface area contributed by atoms with E-state index in [2.05, 4.69) is 20.7 Å². The lowest BCUT2D eigenvalue weighted by Gasteiger charge is -2.24. The summed E-state index contributed by atoms with van der Waals surface area (Å²) < 4.78 is 67.0. The Kier molecular flexibility index (Phi) is 5.89. The minimum atomic E-state index is -4.57. The third-order valence-corrected chi connectivity index (χ3v) is 5.69. The molecule has 1 saturated carbocycles. The van der Waals surface area contributed by atoms with E-state index in [-0.39, 0.29) is 18.5 Å². The number of rotatable bonds is 5. The molecular weight excluding hydrogens is 445 g/mol. The smallest absolute Gasteiger partial charge is 0.326 e. The zero-order valence-electron chi connectivity index (χ0n) is 17.5. The van der Waals surface area contributed by atoms with Gasteiger partial charge in [-0.3, -0.25) is 4.79 Å². The van der Waals surface area contributed by atoms with Crippen LogP contribution in [0.25, 0.3) is 11.4 Å². The molecule has 2 aromatic carbocycles. The Labute approximate surface area is 185 Å². The monoisotopic (exact) mass is 465 g/mol. The van der Waals surface area contributed by atoms with Crippen molar-refractivity contribution in [2.24, 2.45) is 13.0 Å². The molecule has 0 aliphatic heterocycles. The first-order chi connectivity index (χ1) is 15.5. The molecule has 1 aliphatic carbocycles. The summed E-state index contributed by atoms with van der Waals surface area (Å²) in [6.45, 7) is 0. The second-order valence-corrected chi connectivity index (χ2v) is 8.13. The molecule has 1 aliphatic rings. The Morgan fingerprint density at radius 3 is 2.48 bits per heavy atom. The fourth-order valence-electron chi connectivity index (χ4n) is 4.14. The summed E-state index contributed by atoms with van der Waals surface area (Å²) in [5.41, 5.74) is 0.144. The van der Waals surface area contributed by atoms with E-state index in [4.69, 9.17) is 0 Å². The van der Waals surface area contributed by atoms with Crippen molar-refractivity contribution >= 4 is 11.6 Å². The van der Waals surface area contributed by atoms with Gasteiger partial charge in [-0.1, -0.05) is 30.3 Å². The Morgan fingerprint density at radius 1 is 1.18 bits per heavy atom. The van der Waals surface area contributed by atoms with Crippen LogP contribution in [0.3, 0.4) is 0 Å². The highest BCUT2D eigenvalue weighted by Gasteiger charge is 2.45. The standard InChI is InChI=1S/C22H20F5N5O/c1-32-30-19(29-31-32)14-7-5-13(6-8-14)18(15-9-10-21(23,24)12-15)20(33)28-17-4-2-3-16(11-17)22(25,26)27/h2-8,11,15,18H,9-10,12H2,1H3,(H,28,33)/t15-,18+/m0/s1. The van der Waals surface area contributed by atoms with Gasteiger partial charge in [-0.05, 0) is 41.3 Å². The predicted molar refractivity (Wildman–Crippen MR) is 109 cm³/mol. The lowest BCUT2D eigenvalue weighted by Crippen LogP contribution is -2.27. The van der Waals surface area contributed by atoms with Gasteiger partial charge < -0.3 is 5.32 Å². The van der Waals surface area contributed by atoms with E-state index in [0.717, 1.165) is 12.1 Å². The van der Waals surface area contributed by atoms with E-state index in [1.165, 1.54) is 16.9 Å². The summed E-state index contributed by atoms with van der Waals surface area (Å²) in [7, 11) is 1.61. The summed E-state index contributed by atoms with van der Waals surface area (Å²) in [5.74, 6) is -4.78. The molecule has 0 radical (unpaired) electrons. The number of aryl methyl sites for hydroxylation is 1. The molecule has 0 spiro atoms. The van der Waals surface area contributed by atoms with Crippen molar-refractivity contribution in [3.8, 4) is 11.4 Å². The lowest BCUT2D eigenvalue weighted by atomic mass is 9.83. The summed E-state index contributed by atoms with van der Waals surface area (Å²) >= 11 is 0. The van der Waals surface area contributed by atoms with E-state index in [1.807, 2.05) is 0 Å². The molecule has 11 heteroatoms. The summed E-state index contributed by atoms with van der Waals surface area (Å²) in [6, 6.07) is 10.8. The van der Waals surface area contributed by atoms with Gasteiger partial charge in [0.25, 0.3) is 0 Å². The maximum absolute atomic E-state index is 14.0. The van der Waals surface area contributed by atoms with Crippen molar-refractivity contribution in [3.63, 3.8) is 0 Å².